The van der Waals surface area contributed by atoms with Crippen LogP contribution >= 0.6 is 11.6 Å². The zero-order valence-corrected chi connectivity index (χ0v) is 17.8. The molecule has 0 amide bonds. The molecule has 0 fully saturated rings. The lowest BCUT2D eigenvalue weighted by Gasteiger charge is -2.18. The van der Waals surface area contributed by atoms with Crippen LogP contribution in [0, 0.1) is 6.92 Å². The molecule has 0 saturated heterocycles. The highest BCUT2D eigenvalue weighted by Crippen LogP contribution is 2.26. The summed E-state index contributed by atoms with van der Waals surface area (Å²) in [5.41, 5.74) is 4.05. The molecule has 0 spiro atoms. The van der Waals surface area contributed by atoms with Gasteiger partial charge in [-0.25, -0.2) is 4.98 Å². The lowest BCUT2D eigenvalue weighted by molar-refractivity contribution is 0.103. The summed E-state index contributed by atoms with van der Waals surface area (Å²) in [5.74, 6) is 0.770. The topological polar surface area (TPSA) is 42.5 Å². The molecule has 0 aliphatic rings. The van der Waals surface area contributed by atoms with E-state index in [-0.39, 0.29) is 5.78 Å². The third kappa shape index (κ3) is 3.45. The number of likely N-dealkylation sites (N-methyl/N-ethyl adjacent to an activating group) is 1. The molecule has 4 aromatic rings. The van der Waals surface area contributed by atoms with Crippen molar-refractivity contribution < 1.29 is 4.79 Å². The Kier molecular flexibility index (Phi) is 5.43. The number of halogens is 1. The molecule has 0 atom stereocenters. The summed E-state index contributed by atoms with van der Waals surface area (Å²) in [6.45, 7) is 10.0. The molecule has 2 aromatic heterocycles. The van der Waals surface area contributed by atoms with Crippen molar-refractivity contribution in [2.24, 2.45) is 0 Å². The average Bonchev–Trinajstić information content (AvgIpc) is 3.22. The molecule has 5 nitrogen and oxygen atoms in total. The molecule has 0 bridgehead atoms. The summed E-state index contributed by atoms with van der Waals surface area (Å²) in [7, 11) is 0. The smallest absolute Gasteiger partial charge is 0.215 e. The normalized spacial score (nSPS) is 11.8. The first-order valence-corrected chi connectivity index (χ1v) is 10.4. The Balaban J connectivity index is 1.87. The SMILES string of the molecule is CCN(CC)CCn1c2ccccc2n2c(C(=O)c3ccc(Cl)cc3)c(C)nc12. The van der Waals surface area contributed by atoms with Crippen LogP contribution in [0.5, 0.6) is 0 Å². The van der Waals surface area contributed by atoms with Gasteiger partial charge in [-0.3, -0.25) is 9.20 Å². The summed E-state index contributed by atoms with van der Waals surface area (Å²) >= 11 is 6.00. The van der Waals surface area contributed by atoms with E-state index in [9.17, 15) is 4.79 Å². The van der Waals surface area contributed by atoms with Crippen LogP contribution in [0.15, 0.2) is 48.5 Å². The van der Waals surface area contributed by atoms with Crippen LogP contribution in [0.2, 0.25) is 5.02 Å². The molecule has 0 unspecified atom stereocenters. The Morgan fingerprint density at radius 2 is 1.69 bits per heavy atom. The molecule has 0 aliphatic heterocycles. The second kappa shape index (κ2) is 8.01. The van der Waals surface area contributed by atoms with Crippen LogP contribution in [-0.4, -0.2) is 44.3 Å². The third-order valence-corrected chi connectivity index (χ3v) is 5.80. The van der Waals surface area contributed by atoms with Gasteiger partial charge in [0, 0.05) is 23.7 Å². The molecule has 2 aromatic carbocycles. The van der Waals surface area contributed by atoms with E-state index in [1.54, 1.807) is 24.3 Å². The molecule has 0 saturated carbocycles. The summed E-state index contributed by atoms with van der Waals surface area (Å²) in [4.78, 5) is 20.5. The van der Waals surface area contributed by atoms with Crippen molar-refractivity contribution in [3.05, 3.63) is 70.5 Å². The van der Waals surface area contributed by atoms with Crippen LogP contribution in [0.1, 0.15) is 35.6 Å². The van der Waals surface area contributed by atoms with Crippen molar-refractivity contribution in [3.8, 4) is 0 Å². The number of benzene rings is 2. The molecule has 4 rings (SSSR count). The monoisotopic (exact) mass is 408 g/mol. The van der Waals surface area contributed by atoms with Crippen LogP contribution in [-0.2, 0) is 6.54 Å². The fraction of sp³-hybridized carbons (Fsp3) is 0.304. The number of aryl methyl sites for hydroxylation is 1. The van der Waals surface area contributed by atoms with Gasteiger partial charge in [0.2, 0.25) is 11.6 Å². The Morgan fingerprint density at radius 1 is 1.03 bits per heavy atom. The van der Waals surface area contributed by atoms with Crippen molar-refractivity contribution in [1.82, 2.24) is 18.9 Å². The van der Waals surface area contributed by atoms with Gasteiger partial charge in [0.1, 0.15) is 5.69 Å². The van der Waals surface area contributed by atoms with E-state index in [0.29, 0.717) is 16.3 Å². The zero-order chi connectivity index (χ0) is 20.5. The Morgan fingerprint density at radius 3 is 2.34 bits per heavy atom. The Labute approximate surface area is 175 Å². The van der Waals surface area contributed by atoms with Crippen molar-refractivity contribution in [1.29, 1.82) is 0 Å². The number of nitrogens with zero attached hydrogens (tertiary/aromatic N) is 4. The van der Waals surface area contributed by atoms with E-state index in [0.717, 1.165) is 48.7 Å². The lowest BCUT2D eigenvalue weighted by Crippen LogP contribution is -2.27. The average molecular weight is 409 g/mol. The summed E-state index contributed by atoms with van der Waals surface area (Å²) < 4.78 is 4.23. The lowest BCUT2D eigenvalue weighted by atomic mass is 10.1. The molecule has 2 heterocycles. The van der Waals surface area contributed by atoms with Gasteiger partial charge in [0.25, 0.3) is 0 Å². The number of hydrogen-bond acceptors (Lipinski definition) is 3. The maximum atomic E-state index is 13.3. The molecule has 29 heavy (non-hydrogen) atoms. The maximum Gasteiger partial charge on any atom is 0.215 e. The third-order valence-electron chi connectivity index (χ3n) is 5.54. The number of imidazole rings is 2. The van der Waals surface area contributed by atoms with Crippen LogP contribution in [0.3, 0.4) is 0 Å². The first-order valence-electron chi connectivity index (χ1n) is 10.0. The summed E-state index contributed by atoms with van der Waals surface area (Å²) in [5, 5.41) is 0.615. The number of ketones is 1. The first-order chi connectivity index (χ1) is 14.0. The van der Waals surface area contributed by atoms with E-state index >= 15 is 0 Å². The summed E-state index contributed by atoms with van der Waals surface area (Å²) in [6.07, 6.45) is 0. The number of para-hydroxylation sites is 2. The quantitative estimate of drug-likeness (QED) is 0.411. The predicted octanol–water partition coefficient (Wildman–Crippen LogP) is 4.82. The van der Waals surface area contributed by atoms with Gasteiger partial charge in [-0.2, -0.15) is 0 Å². The van der Waals surface area contributed by atoms with Crippen LogP contribution < -0.4 is 0 Å². The number of hydrogen-bond donors (Lipinski definition) is 0. The molecule has 150 valence electrons. The highest BCUT2D eigenvalue weighted by atomic mass is 35.5. The maximum absolute atomic E-state index is 13.3. The van der Waals surface area contributed by atoms with Gasteiger partial charge in [-0.1, -0.05) is 37.6 Å². The zero-order valence-electron chi connectivity index (χ0n) is 17.0. The number of rotatable bonds is 7. The van der Waals surface area contributed by atoms with Crippen LogP contribution in [0.25, 0.3) is 16.8 Å². The molecular formula is C23H25ClN4O. The molecule has 6 heteroatoms. The minimum absolute atomic E-state index is 0.0432. The molecule has 0 radical (unpaired) electrons. The van der Waals surface area contributed by atoms with Gasteiger partial charge >= 0.3 is 0 Å². The van der Waals surface area contributed by atoms with Gasteiger partial charge in [-0.15, -0.1) is 0 Å². The molecule has 0 N–H and O–H groups in total. The van der Waals surface area contributed by atoms with E-state index in [2.05, 4.69) is 35.4 Å². The number of carbonyl (C=O) groups excluding carboxylic acids is 1. The van der Waals surface area contributed by atoms with E-state index < -0.39 is 0 Å². The van der Waals surface area contributed by atoms with Crippen molar-refractivity contribution in [2.75, 3.05) is 19.6 Å². The van der Waals surface area contributed by atoms with Gasteiger partial charge < -0.3 is 9.47 Å². The standard InChI is InChI=1S/C23H25ClN4O/c1-4-26(5-2)14-15-27-19-8-6-7-9-20(19)28-21(16(3)25-23(27)28)22(29)17-10-12-18(24)13-11-17/h6-13H,4-5,14-15H2,1-3H3. The minimum Gasteiger partial charge on any atom is -0.308 e. The highest BCUT2D eigenvalue weighted by molar-refractivity contribution is 6.30. The first kappa shape index (κ1) is 19.7. The van der Waals surface area contributed by atoms with Crippen LogP contribution in [0.4, 0.5) is 0 Å². The fourth-order valence-electron chi connectivity index (χ4n) is 3.92. The second-order valence-electron chi connectivity index (χ2n) is 7.18. The predicted molar refractivity (Wildman–Crippen MR) is 118 cm³/mol. The highest BCUT2D eigenvalue weighted by Gasteiger charge is 2.23. The largest absolute Gasteiger partial charge is 0.308 e. The molecule has 0 aliphatic carbocycles. The Hall–Kier alpha value is -2.63. The second-order valence-corrected chi connectivity index (χ2v) is 7.62. The number of carbonyl (C=O) groups is 1. The summed E-state index contributed by atoms with van der Waals surface area (Å²) in [6, 6.07) is 15.2. The van der Waals surface area contributed by atoms with Crippen molar-refractivity contribution in [2.45, 2.75) is 27.3 Å². The Bertz CT molecular complexity index is 1170. The number of aromatic nitrogens is 3. The minimum atomic E-state index is -0.0432. The van der Waals surface area contributed by atoms with Gasteiger partial charge in [0.05, 0.1) is 16.7 Å². The van der Waals surface area contributed by atoms with Gasteiger partial charge in [0.15, 0.2) is 0 Å². The van der Waals surface area contributed by atoms with E-state index in [1.165, 1.54) is 0 Å². The van der Waals surface area contributed by atoms with Crippen molar-refractivity contribution in [3.63, 3.8) is 0 Å². The van der Waals surface area contributed by atoms with E-state index in [1.807, 2.05) is 23.5 Å². The van der Waals surface area contributed by atoms with Gasteiger partial charge in [-0.05, 0) is 56.4 Å². The van der Waals surface area contributed by atoms with E-state index in [4.69, 9.17) is 16.6 Å². The number of fused-ring (bicyclic) bond motifs is 3. The fourth-order valence-corrected chi connectivity index (χ4v) is 4.04. The van der Waals surface area contributed by atoms with Crippen molar-refractivity contribution >= 4 is 34.2 Å². The molecular weight excluding hydrogens is 384 g/mol.